The number of urea groups is 1. The average molecular weight is 454 g/mol. The number of hydrogen-bond acceptors (Lipinski definition) is 6. The lowest BCUT2D eigenvalue weighted by Crippen LogP contribution is -2.46. The third-order valence-corrected chi connectivity index (χ3v) is 6.08. The van der Waals surface area contributed by atoms with E-state index in [-0.39, 0.29) is 24.8 Å². The van der Waals surface area contributed by atoms with Crippen LogP contribution in [0.1, 0.15) is 35.9 Å². The van der Waals surface area contributed by atoms with Crippen LogP contribution >= 0.6 is 22.7 Å². The summed E-state index contributed by atoms with van der Waals surface area (Å²) in [6.45, 7) is 4.10. The van der Waals surface area contributed by atoms with Crippen LogP contribution in [0.2, 0.25) is 0 Å². The summed E-state index contributed by atoms with van der Waals surface area (Å²) in [6, 6.07) is 7.45. The maximum atomic E-state index is 12.8. The van der Waals surface area contributed by atoms with Gasteiger partial charge in [0.1, 0.15) is 6.61 Å². The van der Waals surface area contributed by atoms with E-state index in [1.807, 2.05) is 35.0 Å². The molecule has 0 spiro atoms. The summed E-state index contributed by atoms with van der Waals surface area (Å²) in [6.07, 6.45) is 2.31. The Morgan fingerprint density at radius 3 is 2.33 bits per heavy atom. The summed E-state index contributed by atoms with van der Waals surface area (Å²) >= 11 is 3.23. The highest BCUT2D eigenvalue weighted by atomic mass is 32.1. The van der Waals surface area contributed by atoms with Crippen LogP contribution in [0.4, 0.5) is 9.59 Å². The van der Waals surface area contributed by atoms with E-state index in [2.05, 4.69) is 17.6 Å². The summed E-state index contributed by atoms with van der Waals surface area (Å²) in [5.74, 6) is 0. The van der Waals surface area contributed by atoms with Crippen LogP contribution in [0.15, 0.2) is 35.0 Å². The number of nitrogens with one attached hydrogen (secondary N) is 2. The molecule has 0 radical (unpaired) electrons. The molecule has 3 amide bonds. The third kappa shape index (κ3) is 9.15. The van der Waals surface area contributed by atoms with Gasteiger partial charge in [0.2, 0.25) is 0 Å². The normalized spacial score (nSPS) is 11.7. The Balaban J connectivity index is 1.92. The second kappa shape index (κ2) is 14.0. The van der Waals surface area contributed by atoms with E-state index in [1.54, 1.807) is 34.7 Å². The molecule has 0 saturated heterocycles. The van der Waals surface area contributed by atoms with Crippen LogP contribution in [-0.2, 0) is 22.6 Å². The molecule has 2 rings (SSSR count). The number of carbonyl (C=O) groups is 2. The summed E-state index contributed by atoms with van der Waals surface area (Å²) < 4.78 is 10.6. The molecule has 0 aliphatic carbocycles. The monoisotopic (exact) mass is 453 g/mol. The Morgan fingerprint density at radius 2 is 1.80 bits per heavy atom. The van der Waals surface area contributed by atoms with Gasteiger partial charge in [0, 0.05) is 23.4 Å². The van der Waals surface area contributed by atoms with Crippen LogP contribution in [0.5, 0.6) is 0 Å². The lowest BCUT2D eigenvalue weighted by molar-refractivity contribution is 0.0880. The standard InChI is InChI=1S/C21H31N3O4S2/c1-3-4-7-17(23-20(25)22-10-11-27-2)16-28-21(26)24(14-18-8-5-12-29-18)15-19-9-6-13-30-19/h5-6,8-9,12-13,17H,3-4,7,10-11,14-16H2,1-2H3,(H2,22,23,25)/t17-/m0/s1. The smallest absolute Gasteiger partial charge is 0.410 e. The van der Waals surface area contributed by atoms with Gasteiger partial charge in [-0.15, -0.1) is 22.7 Å². The number of nitrogens with zero attached hydrogens (tertiary/aromatic N) is 1. The fraction of sp³-hybridized carbons (Fsp3) is 0.524. The topological polar surface area (TPSA) is 79.9 Å². The number of amides is 3. The maximum absolute atomic E-state index is 12.8. The molecule has 0 bridgehead atoms. The first-order valence-electron chi connectivity index (χ1n) is 10.1. The molecule has 1 atom stereocenters. The van der Waals surface area contributed by atoms with E-state index in [4.69, 9.17) is 9.47 Å². The SMILES string of the molecule is CCCC[C@@H](COC(=O)N(Cc1cccs1)Cc1cccs1)NC(=O)NCCOC. The van der Waals surface area contributed by atoms with Gasteiger partial charge in [0.05, 0.1) is 25.7 Å². The summed E-state index contributed by atoms with van der Waals surface area (Å²) in [5, 5.41) is 9.63. The van der Waals surface area contributed by atoms with Gasteiger partial charge < -0.3 is 20.1 Å². The van der Waals surface area contributed by atoms with E-state index in [0.29, 0.717) is 26.2 Å². The van der Waals surface area contributed by atoms with Crippen LogP contribution in [-0.4, -0.2) is 49.9 Å². The fourth-order valence-corrected chi connectivity index (χ4v) is 4.22. The zero-order chi connectivity index (χ0) is 21.6. The molecule has 30 heavy (non-hydrogen) atoms. The minimum absolute atomic E-state index is 0.141. The maximum Gasteiger partial charge on any atom is 0.410 e. The van der Waals surface area contributed by atoms with Gasteiger partial charge in [-0.25, -0.2) is 9.59 Å². The number of rotatable bonds is 13. The van der Waals surface area contributed by atoms with Crippen molar-refractivity contribution < 1.29 is 19.1 Å². The molecule has 0 aromatic carbocycles. The van der Waals surface area contributed by atoms with Gasteiger partial charge in [-0.3, -0.25) is 4.90 Å². The van der Waals surface area contributed by atoms with Crippen molar-refractivity contribution in [3.63, 3.8) is 0 Å². The van der Waals surface area contributed by atoms with E-state index < -0.39 is 0 Å². The first kappa shape index (κ1) is 24.2. The molecule has 0 saturated carbocycles. The number of unbranched alkanes of at least 4 members (excludes halogenated alkanes) is 1. The predicted molar refractivity (Wildman–Crippen MR) is 121 cm³/mol. The summed E-state index contributed by atoms with van der Waals surface area (Å²) in [5.41, 5.74) is 0. The van der Waals surface area contributed by atoms with Crippen molar-refractivity contribution in [1.82, 2.24) is 15.5 Å². The molecule has 0 aliphatic rings. The molecule has 166 valence electrons. The zero-order valence-corrected chi connectivity index (χ0v) is 19.2. The minimum Gasteiger partial charge on any atom is -0.447 e. The predicted octanol–water partition coefficient (Wildman–Crippen LogP) is 4.45. The number of thiophene rings is 2. The average Bonchev–Trinajstić information content (AvgIpc) is 3.44. The van der Waals surface area contributed by atoms with Gasteiger partial charge >= 0.3 is 12.1 Å². The van der Waals surface area contributed by atoms with E-state index >= 15 is 0 Å². The van der Waals surface area contributed by atoms with E-state index in [1.165, 1.54) is 0 Å². The largest absolute Gasteiger partial charge is 0.447 e. The summed E-state index contributed by atoms with van der Waals surface area (Å²) in [4.78, 5) is 28.8. The molecule has 0 aliphatic heterocycles. The van der Waals surface area contributed by atoms with Gasteiger partial charge in [-0.05, 0) is 29.3 Å². The van der Waals surface area contributed by atoms with Crippen LogP contribution in [0.25, 0.3) is 0 Å². The van der Waals surface area contributed by atoms with Gasteiger partial charge in [0.15, 0.2) is 0 Å². The van der Waals surface area contributed by atoms with E-state index in [0.717, 1.165) is 29.0 Å². The number of methoxy groups -OCH3 is 1. The Morgan fingerprint density at radius 1 is 1.13 bits per heavy atom. The van der Waals surface area contributed by atoms with Crippen molar-refractivity contribution in [2.45, 2.75) is 45.3 Å². The fourth-order valence-electron chi connectivity index (χ4n) is 2.78. The minimum atomic E-state index is -0.375. The van der Waals surface area contributed by atoms with Crippen molar-refractivity contribution in [1.29, 1.82) is 0 Å². The summed E-state index contributed by atoms with van der Waals surface area (Å²) in [7, 11) is 1.58. The Labute approximate surface area is 186 Å². The van der Waals surface area contributed by atoms with Crippen LogP contribution in [0, 0.1) is 0 Å². The van der Waals surface area contributed by atoms with Crippen molar-refractivity contribution in [3.8, 4) is 0 Å². The molecular formula is C21H31N3O4S2. The first-order chi connectivity index (χ1) is 14.6. The molecule has 0 fully saturated rings. The lowest BCUT2D eigenvalue weighted by atomic mass is 10.1. The molecule has 0 unspecified atom stereocenters. The van der Waals surface area contributed by atoms with Crippen LogP contribution < -0.4 is 10.6 Å². The quantitative estimate of drug-likeness (QED) is 0.439. The molecule has 7 nitrogen and oxygen atoms in total. The second-order valence-electron chi connectivity index (χ2n) is 6.82. The zero-order valence-electron chi connectivity index (χ0n) is 17.6. The highest BCUT2D eigenvalue weighted by Gasteiger charge is 2.20. The van der Waals surface area contributed by atoms with Crippen molar-refractivity contribution in [3.05, 3.63) is 44.8 Å². The highest BCUT2D eigenvalue weighted by molar-refractivity contribution is 7.10. The Kier molecular flexibility index (Phi) is 11.3. The van der Waals surface area contributed by atoms with Gasteiger partial charge in [-0.2, -0.15) is 0 Å². The third-order valence-electron chi connectivity index (χ3n) is 4.35. The van der Waals surface area contributed by atoms with Crippen molar-refractivity contribution in [2.75, 3.05) is 26.9 Å². The second-order valence-corrected chi connectivity index (χ2v) is 8.89. The van der Waals surface area contributed by atoms with Gasteiger partial charge in [-0.1, -0.05) is 31.9 Å². The van der Waals surface area contributed by atoms with Crippen molar-refractivity contribution in [2.24, 2.45) is 0 Å². The Bertz CT molecular complexity index is 686. The highest BCUT2D eigenvalue weighted by Crippen LogP contribution is 2.18. The Hall–Kier alpha value is -2.10. The molecule has 2 heterocycles. The molecule has 2 N–H and O–H groups in total. The van der Waals surface area contributed by atoms with Crippen LogP contribution in [0.3, 0.4) is 0 Å². The number of carbonyl (C=O) groups excluding carboxylic acids is 2. The number of hydrogen-bond donors (Lipinski definition) is 2. The molecule has 2 aromatic rings. The molecule has 9 heteroatoms. The molecular weight excluding hydrogens is 422 g/mol. The van der Waals surface area contributed by atoms with E-state index in [9.17, 15) is 9.59 Å². The molecule has 2 aromatic heterocycles. The number of ether oxygens (including phenoxy) is 2. The lowest BCUT2D eigenvalue weighted by Gasteiger charge is -2.24. The van der Waals surface area contributed by atoms with Gasteiger partial charge in [0.25, 0.3) is 0 Å². The van der Waals surface area contributed by atoms with Crippen molar-refractivity contribution >= 4 is 34.8 Å². The first-order valence-corrected chi connectivity index (χ1v) is 11.9.